The van der Waals surface area contributed by atoms with Crippen LogP contribution in [0.3, 0.4) is 0 Å². The lowest BCUT2D eigenvalue weighted by atomic mass is 9.62. The zero-order chi connectivity index (χ0) is 21.7. The molecule has 0 bridgehead atoms. The van der Waals surface area contributed by atoms with E-state index in [0.29, 0.717) is 11.2 Å². The van der Waals surface area contributed by atoms with Gasteiger partial charge in [0, 0.05) is 0 Å². The molecule has 2 fully saturated rings. The highest BCUT2D eigenvalue weighted by atomic mass is 28.3. The van der Waals surface area contributed by atoms with Gasteiger partial charge in [-0.3, -0.25) is 4.79 Å². The Bertz CT molecular complexity index is 835. The Balaban J connectivity index is 1.33. The van der Waals surface area contributed by atoms with E-state index in [0.717, 1.165) is 31.6 Å². The second-order valence-electron chi connectivity index (χ2n) is 9.72. The second kappa shape index (κ2) is 10.1. The Kier molecular flexibility index (Phi) is 7.26. The van der Waals surface area contributed by atoms with Crippen molar-refractivity contribution in [3.63, 3.8) is 0 Å². The third kappa shape index (κ3) is 5.28. The quantitative estimate of drug-likeness (QED) is 0.303. The first-order valence-electron chi connectivity index (χ1n) is 12.1. The van der Waals surface area contributed by atoms with Crippen molar-refractivity contribution in [2.75, 3.05) is 0 Å². The Hall–Kier alpha value is -1.94. The first kappa shape index (κ1) is 22.3. The van der Waals surface area contributed by atoms with Gasteiger partial charge in [-0.2, -0.15) is 0 Å². The number of halogens is 1. The first-order chi connectivity index (χ1) is 15.1. The predicted molar refractivity (Wildman–Crippen MR) is 127 cm³/mol. The molecule has 1 aliphatic heterocycles. The lowest BCUT2D eigenvalue weighted by Gasteiger charge is -2.48. The molecule has 0 amide bonds. The molecule has 4 heteroatoms. The molecule has 166 valence electrons. The van der Waals surface area contributed by atoms with Crippen LogP contribution < -0.4 is 9.92 Å². The fourth-order valence-electron chi connectivity index (χ4n) is 6.26. The summed E-state index contributed by atoms with van der Waals surface area (Å²) in [5.41, 5.74) is 0.485. The third-order valence-corrected chi connectivity index (χ3v) is 11.3. The number of rotatable bonds is 6. The molecule has 1 saturated heterocycles. The molecule has 0 unspecified atom stereocenters. The van der Waals surface area contributed by atoms with Crippen LogP contribution in [0.5, 0.6) is 5.75 Å². The van der Waals surface area contributed by atoms with Crippen molar-refractivity contribution in [1.82, 2.24) is 0 Å². The molecule has 2 aromatic rings. The summed E-state index contributed by atoms with van der Waals surface area (Å²) >= 11 is 0. The van der Waals surface area contributed by atoms with Crippen molar-refractivity contribution in [1.29, 1.82) is 0 Å². The van der Waals surface area contributed by atoms with E-state index in [-0.39, 0.29) is 17.7 Å². The van der Waals surface area contributed by atoms with Crippen LogP contribution in [0.25, 0.3) is 0 Å². The Morgan fingerprint density at radius 1 is 1.00 bits per heavy atom. The summed E-state index contributed by atoms with van der Waals surface area (Å²) < 4.78 is 18.6. The van der Waals surface area contributed by atoms with Gasteiger partial charge < -0.3 is 4.74 Å². The molecular formula is C27H35FO2Si. The third-order valence-electron chi connectivity index (χ3n) is 7.96. The average Bonchev–Trinajstić information content (AvgIpc) is 2.82. The van der Waals surface area contributed by atoms with Crippen molar-refractivity contribution in [3.8, 4) is 5.75 Å². The summed E-state index contributed by atoms with van der Waals surface area (Å²) in [4.78, 5) is 12.6. The number of hydrogen-bond acceptors (Lipinski definition) is 2. The monoisotopic (exact) mass is 438 g/mol. The van der Waals surface area contributed by atoms with Crippen LogP contribution in [0, 0.1) is 23.1 Å². The van der Waals surface area contributed by atoms with Crippen molar-refractivity contribution >= 4 is 20.0 Å². The van der Waals surface area contributed by atoms with E-state index in [9.17, 15) is 9.18 Å². The van der Waals surface area contributed by atoms with Crippen LogP contribution in [-0.4, -0.2) is 14.8 Å². The summed E-state index contributed by atoms with van der Waals surface area (Å²) in [6.45, 7) is 2.33. The van der Waals surface area contributed by atoms with Gasteiger partial charge in [-0.25, -0.2) is 4.39 Å². The lowest BCUT2D eigenvalue weighted by molar-refractivity contribution is -0.140. The number of benzene rings is 2. The molecule has 2 nitrogen and oxygen atoms in total. The standard InChI is InChI=1S/C27H35FO2Si/c1-2-16-27(17-19-31(20-18-27)25-6-4-3-5-7-25)22-10-8-21(9-11-22)26(29)30-24-14-12-23(28)13-15-24/h3-7,12-15,21-22,31H,2,8-11,16-20H2,1H3. The molecule has 1 saturated carbocycles. The van der Waals surface area contributed by atoms with E-state index in [1.54, 1.807) is 5.19 Å². The second-order valence-corrected chi connectivity index (χ2v) is 12.9. The largest absolute Gasteiger partial charge is 0.426 e. The van der Waals surface area contributed by atoms with Gasteiger partial charge in [-0.15, -0.1) is 0 Å². The average molecular weight is 439 g/mol. The molecule has 4 rings (SSSR count). The molecule has 0 spiro atoms. The maximum absolute atomic E-state index is 13.1. The molecule has 1 aliphatic carbocycles. The molecule has 2 aromatic carbocycles. The van der Waals surface area contributed by atoms with Crippen molar-refractivity contribution in [2.24, 2.45) is 17.3 Å². The fraction of sp³-hybridized carbons (Fsp3) is 0.519. The summed E-state index contributed by atoms with van der Waals surface area (Å²) in [5, 5.41) is 1.64. The fourth-order valence-corrected chi connectivity index (χ4v) is 9.82. The summed E-state index contributed by atoms with van der Waals surface area (Å²) in [7, 11) is -0.819. The van der Waals surface area contributed by atoms with Gasteiger partial charge in [0.1, 0.15) is 11.6 Å². The predicted octanol–water partition coefficient (Wildman–Crippen LogP) is 6.25. The Labute approximate surface area is 187 Å². The summed E-state index contributed by atoms with van der Waals surface area (Å²) in [6.07, 6.45) is 9.47. The highest BCUT2D eigenvalue weighted by molar-refractivity contribution is 6.73. The van der Waals surface area contributed by atoms with Gasteiger partial charge in [0.05, 0.1) is 14.7 Å². The number of esters is 1. The molecule has 2 aliphatic rings. The SMILES string of the molecule is CCCC1(C2CCC(C(=O)Oc3ccc(F)cc3)CC2)CC[SiH](c2ccccc2)CC1. The minimum Gasteiger partial charge on any atom is -0.426 e. The van der Waals surface area contributed by atoms with Crippen LogP contribution in [0.4, 0.5) is 4.39 Å². The summed E-state index contributed by atoms with van der Waals surface area (Å²) in [5.74, 6) is 0.713. The van der Waals surface area contributed by atoms with Gasteiger partial charge in [0.2, 0.25) is 0 Å². The van der Waals surface area contributed by atoms with Gasteiger partial charge in [-0.05, 0) is 80.5 Å². The topological polar surface area (TPSA) is 26.3 Å². The minimum atomic E-state index is -0.819. The zero-order valence-corrected chi connectivity index (χ0v) is 19.8. The molecule has 0 aromatic heterocycles. The van der Waals surface area contributed by atoms with Gasteiger partial charge in [0.15, 0.2) is 0 Å². The van der Waals surface area contributed by atoms with Gasteiger partial charge >= 0.3 is 5.97 Å². The Morgan fingerprint density at radius 2 is 1.65 bits per heavy atom. The van der Waals surface area contributed by atoms with Crippen molar-refractivity contribution in [3.05, 3.63) is 60.4 Å². The number of ether oxygens (including phenoxy) is 1. The molecule has 0 radical (unpaired) electrons. The van der Waals surface area contributed by atoms with Crippen LogP contribution in [0.15, 0.2) is 54.6 Å². The van der Waals surface area contributed by atoms with Crippen LogP contribution >= 0.6 is 0 Å². The van der Waals surface area contributed by atoms with E-state index >= 15 is 0 Å². The summed E-state index contributed by atoms with van der Waals surface area (Å²) in [6, 6.07) is 19.8. The van der Waals surface area contributed by atoms with Crippen molar-refractivity contribution in [2.45, 2.75) is 70.4 Å². The first-order valence-corrected chi connectivity index (χ1v) is 14.3. The van der Waals surface area contributed by atoms with E-state index in [1.807, 2.05) is 0 Å². The van der Waals surface area contributed by atoms with E-state index in [2.05, 4.69) is 37.3 Å². The number of carbonyl (C=O) groups is 1. The molecular weight excluding hydrogens is 403 g/mol. The number of carbonyl (C=O) groups excluding carboxylic acids is 1. The maximum Gasteiger partial charge on any atom is 0.314 e. The molecule has 0 atom stereocenters. The van der Waals surface area contributed by atoms with Crippen molar-refractivity contribution < 1.29 is 13.9 Å². The van der Waals surface area contributed by atoms with Crippen LogP contribution in [0.1, 0.15) is 58.3 Å². The normalized spacial score (nSPS) is 28.8. The minimum absolute atomic E-state index is 0.0185. The molecule has 1 heterocycles. The van der Waals surface area contributed by atoms with Crippen LogP contribution in [-0.2, 0) is 4.79 Å². The van der Waals surface area contributed by atoms with E-state index in [1.165, 1.54) is 62.0 Å². The highest BCUT2D eigenvalue weighted by Gasteiger charge is 2.43. The molecule has 31 heavy (non-hydrogen) atoms. The Morgan fingerprint density at radius 3 is 2.26 bits per heavy atom. The van der Waals surface area contributed by atoms with E-state index < -0.39 is 8.80 Å². The van der Waals surface area contributed by atoms with Crippen LogP contribution in [0.2, 0.25) is 12.1 Å². The zero-order valence-electron chi connectivity index (χ0n) is 18.7. The van der Waals surface area contributed by atoms with Gasteiger partial charge in [0.25, 0.3) is 0 Å². The lowest BCUT2D eigenvalue weighted by Crippen LogP contribution is -2.43. The smallest absolute Gasteiger partial charge is 0.314 e. The maximum atomic E-state index is 13.1. The van der Waals surface area contributed by atoms with E-state index in [4.69, 9.17) is 4.74 Å². The molecule has 0 N–H and O–H groups in total. The van der Waals surface area contributed by atoms with Gasteiger partial charge in [-0.1, -0.05) is 61.0 Å². The highest BCUT2D eigenvalue weighted by Crippen LogP contribution is 2.52. The number of hydrogen-bond donors (Lipinski definition) is 0.